The summed E-state index contributed by atoms with van der Waals surface area (Å²) in [6.07, 6.45) is 1.06. The maximum Gasteiger partial charge on any atom is 0.245 e. The second-order valence-electron chi connectivity index (χ2n) is 8.79. The lowest BCUT2D eigenvalue weighted by atomic mass is 9.97. The van der Waals surface area contributed by atoms with E-state index in [1.54, 1.807) is 13.8 Å². The van der Waals surface area contributed by atoms with Crippen LogP contribution in [0.25, 0.3) is 0 Å². The zero-order chi connectivity index (χ0) is 29.4. The van der Waals surface area contributed by atoms with Crippen LogP contribution in [-0.2, 0) is 24.0 Å². The smallest absolute Gasteiger partial charge is 0.245 e. The minimum Gasteiger partial charge on any atom is -0.394 e. The Balaban J connectivity index is 5.39. The van der Waals surface area contributed by atoms with E-state index in [2.05, 4.69) is 26.6 Å². The lowest BCUT2D eigenvalue weighted by Gasteiger charge is -2.29. The van der Waals surface area contributed by atoms with Gasteiger partial charge in [0, 0.05) is 6.54 Å². The van der Waals surface area contributed by atoms with Crippen LogP contribution in [0.3, 0.4) is 0 Å². The third kappa shape index (κ3) is 12.3. The molecule has 0 heterocycles. The molecule has 0 aliphatic rings. The van der Waals surface area contributed by atoms with E-state index in [9.17, 15) is 34.2 Å². The fourth-order valence-electron chi connectivity index (χ4n) is 3.13. The molecule has 0 aromatic rings. The van der Waals surface area contributed by atoms with Gasteiger partial charge in [-0.05, 0) is 25.7 Å². The van der Waals surface area contributed by atoms with Crippen LogP contribution in [0.1, 0.15) is 40.0 Å². The SMILES string of the molecule is CC[C@H](C)[C@H](NC(=O)[C@@H](N)CCCNC(=N)N)C(=O)N[C@H](C(=O)N[C@H](CO)C(=O)N[C@H]([C]=O)CO)[C@H](C)O. The second kappa shape index (κ2) is 18.0. The summed E-state index contributed by atoms with van der Waals surface area (Å²) in [5, 5.41) is 47.4. The molecular weight excluding hydrogens is 504 g/mol. The largest absolute Gasteiger partial charge is 0.394 e. The Morgan fingerprint density at radius 3 is 1.97 bits per heavy atom. The minimum atomic E-state index is -1.58. The molecule has 1 radical (unpaired) electrons. The Morgan fingerprint density at radius 2 is 1.50 bits per heavy atom. The maximum absolute atomic E-state index is 13.1. The predicted octanol–water partition coefficient (Wildman–Crippen LogP) is -4.96. The summed E-state index contributed by atoms with van der Waals surface area (Å²) >= 11 is 0. The summed E-state index contributed by atoms with van der Waals surface area (Å²) < 4.78 is 0. The van der Waals surface area contributed by atoms with Gasteiger partial charge in [-0.25, -0.2) is 0 Å². The molecule has 16 heteroatoms. The number of rotatable bonds is 18. The van der Waals surface area contributed by atoms with Gasteiger partial charge < -0.3 is 53.4 Å². The zero-order valence-electron chi connectivity index (χ0n) is 21.8. The molecule has 0 saturated heterocycles. The molecule has 0 rings (SSSR count). The number of nitrogens with one attached hydrogen (secondary N) is 6. The van der Waals surface area contributed by atoms with Crippen molar-refractivity contribution in [2.75, 3.05) is 19.8 Å². The number of carbonyl (C=O) groups is 4. The first-order valence-electron chi connectivity index (χ1n) is 12.1. The normalized spacial score (nSPS) is 16.4. The number of guanidine groups is 1. The van der Waals surface area contributed by atoms with Gasteiger partial charge in [-0.1, -0.05) is 20.3 Å². The molecule has 16 nitrogen and oxygen atoms in total. The Morgan fingerprint density at radius 1 is 0.921 bits per heavy atom. The van der Waals surface area contributed by atoms with Crippen LogP contribution in [0, 0.1) is 11.3 Å². The van der Waals surface area contributed by atoms with Crippen molar-refractivity contribution in [2.45, 2.75) is 76.3 Å². The first kappa shape index (κ1) is 34.7. The molecule has 0 spiro atoms. The molecule has 38 heavy (non-hydrogen) atoms. The van der Waals surface area contributed by atoms with E-state index >= 15 is 0 Å². The summed E-state index contributed by atoms with van der Waals surface area (Å²) in [5.41, 5.74) is 11.1. The van der Waals surface area contributed by atoms with Gasteiger partial charge in [0.05, 0.1) is 25.4 Å². The van der Waals surface area contributed by atoms with E-state index in [0.29, 0.717) is 19.4 Å². The van der Waals surface area contributed by atoms with Crippen LogP contribution in [0.5, 0.6) is 0 Å². The summed E-state index contributed by atoms with van der Waals surface area (Å²) in [6.45, 7) is 3.37. The number of hydrogen-bond donors (Lipinski definition) is 11. The molecule has 0 saturated carbocycles. The van der Waals surface area contributed by atoms with Crippen LogP contribution in [0.15, 0.2) is 0 Å². The monoisotopic (exact) mass is 545 g/mol. The highest BCUT2D eigenvalue weighted by molar-refractivity contribution is 5.95. The number of aliphatic hydroxyl groups excluding tert-OH is 3. The molecular formula is C22H41N8O8. The number of aliphatic hydroxyl groups is 3. The summed E-state index contributed by atoms with van der Waals surface area (Å²) in [6, 6.07) is -6.60. The molecule has 4 amide bonds. The first-order chi connectivity index (χ1) is 17.8. The van der Waals surface area contributed by atoms with Crippen molar-refractivity contribution < 1.29 is 39.3 Å². The molecule has 0 fully saturated rings. The molecule has 13 N–H and O–H groups in total. The highest BCUT2D eigenvalue weighted by atomic mass is 16.3. The fourth-order valence-corrected chi connectivity index (χ4v) is 3.13. The highest BCUT2D eigenvalue weighted by Gasteiger charge is 2.34. The van der Waals surface area contributed by atoms with Crippen molar-refractivity contribution in [3.63, 3.8) is 0 Å². The lowest BCUT2D eigenvalue weighted by molar-refractivity contribution is -0.137. The highest BCUT2D eigenvalue weighted by Crippen LogP contribution is 2.10. The van der Waals surface area contributed by atoms with Crippen LogP contribution in [-0.4, -0.2) is 107 Å². The number of nitrogens with two attached hydrogens (primary N) is 2. The first-order valence-corrected chi connectivity index (χ1v) is 12.1. The van der Waals surface area contributed by atoms with Gasteiger partial charge in [-0.3, -0.25) is 29.4 Å². The molecule has 0 unspecified atom stereocenters. The predicted molar refractivity (Wildman–Crippen MR) is 136 cm³/mol. The van der Waals surface area contributed by atoms with Crippen LogP contribution in [0.2, 0.25) is 0 Å². The third-order valence-corrected chi connectivity index (χ3v) is 5.66. The maximum atomic E-state index is 13.1. The van der Waals surface area contributed by atoms with E-state index in [4.69, 9.17) is 22.0 Å². The summed E-state index contributed by atoms with van der Waals surface area (Å²) in [5.74, 6) is -4.05. The molecule has 0 aromatic carbocycles. The standard InChI is InChI=1S/C22H41N8O8/c1-4-11(2)16(29-18(35)14(23)6-5-7-26-22(24)25)20(37)30-17(12(3)34)21(38)28-15(10-33)19(36)27-13(8-31)9-32/h11-17,31,33-34H,4-8,10,23H2,1-3H3,(H,27,36)(H,28,38)(H,29,35)(H,30,37)(H4,24,25,26)/t11-,12-,13-,14-,15+,16-,17-/m0/s1. The van der Waals surface area contributed by atoms with E-state index in [1.165, 1.54) is 13.2 Å². The van der Waals surface area contributed by atoms with Crippen molar-refractivity contribution in [3.05, 3.63) is 0 Å². The average Bonchev–Trinajstić information content (AvgIpc) is 2.88. The number of amides is 4. The topological polar surface area (TPSA) is 282 Å². The fraction of sp³-hybridized carbons (Fsp3) is 0.727. The summed E-state index contributed by atoms with van der Waals surface area (Å²) in [7, 11) is 0. The zero-order valence-corrected chi connectivity index (χ0v) is 21.8. The Hall–Kier alpha value is -3.34. The molecule has 0 aliphatic heterocycles. The number of hydrogen-bond acceptors (Lipinski definition) is 10. The molecule has 217 valence electrons. The Bertz CT molecular complexity index is 812. The Kier molecular flexibility index (Phi) is 16.4. The van der Waals surface area contributed by atoms with E-state index in [0.717, 1.165) is 0 Å². The quantitative estimate of drug-likeness (QED) is 0.0440. The van der Waals surface area contributed by atoms with E-state index < -0.39 is 79.1 Å². The van der Waals surface area contributed by atoms with E-state index in [1.807, 2.05) is 0 Å². The van der Waals surface area contributed by atoms with Gasteiger partial charge in [0.1, 0.15) is 24.2 Å². The minimum absolute atomic E-state index is 0.215. The van der Waals surface area contributed by atoms with Crippen molar-refractivity contribution in [1.82, 2.24) is 26.6 Å². The van der Waals surface area contributed by atoms with Crippen LogP contribution >= 0.6 is 0 Å². The molecule has 7 atom stereocenters. The van der Waals surface area contributed by atoms with E-state index in [-0.39, 0.29) is 12.4 Å². The van der Waals surface area contributed by atoms with Gasteiger partial charge in [0.25, 0.3) is 0 Å². The molecule has 0 aliphatic carbocycles. The van der Waals surface area contributed by atoms with Gasteiger partial charge in [0.15, 0.2) is 5.96 Å². The van der Waals surface area contributed by atoms with Gasteiger partial charge in [-0.15, -0.1) is 0 Å². The van der Waals surface area contributed by atoms with Gasteiger partial charge >= 0.3 is 0 Å². The molecule has 0 aromatic heterocycles. The molecule has 0 bridgehead atoms. The van der Waals surface area contributed by atoms with Crippen molar-refractivity contribution >= 4 is 35.9 Å². The summed E-state index contributed by atoms with van der Waals surface area (Å²) in [4.78, 5) is 61.3. The van der Waals surface area contributed by atoms with Gasteiger partial charge in [-0.2, -0.15) is 0 Å². The lowest BCUT2D eigenvalue weighted by Crippen LogP contribution is -2.62. The second-order valence-corrected chi connectivity index (χ2v) is 8.79. The third-order valence-electron chi connectivity index (χ3n) is 5.66. The Labute approximate surface area is 221 Å². The van der Waals surface area contributed by atoms with Crippen LogP contribution < -0.4 is 38.1 Å². The van der Waals surface area contributed by atoms with Crippen molar-refractivity contribution in [2.24, 2.45) is 17.4 Å². The van der Waals surface area contributed by atoms with Crippen LogP contribution in [0.4, 0.5) is 0 Å². The van der Waals surface area contributed by atoms with Gasteiger partial charge in [0.2, 0.25) is 29.9 Å². The average molecular weight is 546 g/mol. The van der Waals surface area contributed by atoms with Crippen molar-refractivity contribution in [3.8, 4) is 0 Å². The van der Waals surface area contributed by atoms with Crippen molar-refractivity contribution in [1.29, 1.82) is 5.41 Å². The number of carbonyl (C=O) groups excluding carboxylic acids is 5.